The van der Waals surface area contributed by atoms with E-state index in [0.717, 1.165) is 11.6 Å². The molecule has 53 heavy (non-hydrogen) atoms. The molecule has 14 nitrogen and oxygen atoms in total. The molecule has 0 saturated carbocycles. The molecular weight excluding hydrogens is 694 g/mol. The zero-order chi connectivity index (χ0) is 38.2. The summed E-state index contributed by atoms with van der Waals surface area (Å²) in [5.41, 5.74) is 1.40. The summed E-state index contributed by atoms with van der Waals surface area (Å²) in [7, 11) is 0. The Hall–Kier alpha value is -6.16. The number of fused-ring (bicyclic) bond motifs is 1. The van der Waals surface area contributed by atoms with Crippen molar-refractivity contribution in [3.05, 3.63) is 119 Å². The van der Waals surface area contributed by atoms with Crippen molar-refractivity contribution in [2.24, 2.45) is 0 Å². The van der Waals surface area contributed by atoms with Gasteiger partial charge >= 0.3 is 18.0 Å². The molecule has 5 rings (SSSR count). The lowest BCUT2D eigenvalue weighted by molar-refractivity contribution is -0.189. The number of carboxylic acid groups (broad SMARTS) is 2. The van der Waals surface area contributed by atoms with E-state index in [4.69, 9.17) is 5.11 Å². The van der Waals surface area contributed by atoms with Crippen LogP contribution >= 0.6 is 0 Å². The molecule has 3 aromatic rings. The van der Waals surface area contributed by atoms with Gasteiger partial charge in [-0.25, -0.2) is 28.4 Å². The number of halogens is 2. The second-order valence-corrected chi connectivity index (χ2v) is 12.6. The maximum Gasteiger partial charge on any atom is 0.334 e. The Bertz CT molecular complexity index is 1880. The monoisotopic (exact) mass is 732 g/mol. The van der Waals surface area contributed by atoms with Crippen molar-refractivity contribution < 1.29 is 47.8 Å². The van der Waals surface area contributed by atoms with Crippen LogP contribution in [0.25, 0.3) is 0 Å². The molecule has 3 atom stereocenters. The van der Waals surface area contributed by atoms with Crippen LogP contribution in [0.3, 0.4) is 0 Å². The Balaban J connectivity index is 1.44. The molecule has 0 aliphatic carbocycles. The average Bonchev–Trinajstić information content (AvgIpc) is 3.12. The Morgan fingerprint density at radius 3 is 2.32 bits per heavy atom. The molecule has 0 bridgehead atoms. The fraction of sp³-hybridized carbons (Fsp3) is 0.297. The predicted molar refractivity (Wildman–Crippen MR) is 184 cm³/mol. The number of nitrogens with zero attached hydrogens (tertiary/aromatic N) is 4. The Labute approximate surface area is 303 Å². The number of aliphatic carboxylic acids is 2. The lowest BCUT2D eigenvalue weighted by Gasteiger charge is -2.55. The van der Waals surface area contributed by atoms with Gasteiger partial charge in [-0.3, -0.25) is 19.2 Å². The number of piperazine rings is 1. The van der Waals surface area contributed by atoms with Crippen molar-refractivity contribution in [1.82, 2.24) is 30.5 Å². The minimum absolute atomic E-state index is 0.0236. The molecular formula is C37H38F2N6O8. The van der Waals surface area contributed by atoms with Crippen molar-refractivity contribution in [2.75, 3.05) is 19.6 Å². The van der Waals surface area contributed by atoms with Gasteiger partial charge in [0.1, 0.15) is 29.9 Å². The number of benzene rings is 3. The summed E-state index contributed by atoms with van der Waals surface area (Å²) in [5, 5.41) is 26.4. The van der Waals surface area contributed by atoms with Crippen LogP contribution in [0.15, 0.2) is 85.5 Å². The van der Waals surface area contributed by atoms with Gasteiger partial charge in [-0.1, -0.05) is 54.6 Å². The number of carbonyl (C=O) groups excluding carboxylic acids is 4. The van der Waals surface area contributed by atoms with Crippen LogP contribution < -0.4 is 10.6 Å². The number of carbonyl (C=O) groups is 6. The zero-order valence-corrected chi connectivity index (χ0v) is 28.5. The fourth-order valence-corrected chi connectivity index (χ4v) is 6.34. The average molecular weight is 733 g/mol. The van der Waals surface area contributed by atoms with Gasteiger partial charge in [0.15, 0.2) is 0 Å². The maximum absolute atomic E-state index is 14.9. The number of nitrogens with one attached hydrogen (secondary N) is 2. The molecule has 0 aromatic heterocycles. The lowest BCUT2D eigenvalue weighted by Crippen LogP contribution is -2.76. The summed E-state index contributed by atoms with van der Waals surface area (Å²) in [5.74, 6) is -6.04. The molecule has 16 heteroatoms. The summed E-state index contributed by atoms with van der Waals surface area (Å²) in [6.45, 7) is 3.29. The Morgan fingerprint density at radius 2 is 1.68 bits per heavy atom. The van der Waals surface area contributed by atoms with Gasteiger partial charge in [0, 0.05) is 49.7 Å². The molecule has 0 spiro atoms. The van der Waals surface area contributed by atoms with E-state index in [1.54, 1.807) is 0 Å². The minimum Gasteiger partial charge on any atom is -0.481 e. The van der Waals surface area contributed by atoms with Crippen LogP contribution in [0.5, 0.6) is 0 Å². The molecule has 2 saturated heterocycles. The minimum atomic E-state index is -1.44. The highest BCUT2D eigenvalue weighted by Gasteiger charge is 2.51. The van der Waals surface area contributed by atoms with E-state index in [2.05, 4.69) is 17.2 Å². The van der Waals surface area contributed by atoms with Crippen molar-refractivity contribution >= 4 is 35.7 Å². The number of rotatable bonds is 14. The van der Waals surface area contributed by atoms with Crippen molar-refractivity contribution in [2.45, 2.75) is 50.6 Å². The second kappa shape index (κ2) is 16.9. The molecule has 4 N–H and O–H groups in total. The summed E-state index contributed by atoms with van der Waals surface area (Å²) in [6, 6.07) is 14.8. The Morgan fingerprint density at radius 1 is 0.962 bits per heavy atom. The van der Waals surface area contributed by atoms with E-state index in [9.17, 15) is 42.7 Å². The van der Waals surface area contributed by atoms with Gasteiger partial charge < -0.3 is 30.6 Å². The first kappa shape index (κ1) is 38.1. The van der Waals surface area contributed by atoms with Crippen LogP contribution in [0.4, 0.5) is 13.6 Å². The van der Waals surface area contributed by atoms with Crippen LogP contribution in [0, 0.1) is 11.6 Å². The van der Waals surface area contributed by atoms with Crippen LogP contribution in [0.1, 0.15) is 39.9 Å². The topological polar surface area (TPSA) is 180 Å². The third-order valence-electron chi connectivity index (χ3n) is 8.94. The van der Waals surface area contributed by atoms with E-state index in [-0.39, 0.29) is 56.7 Å². The third kappa shape index (κ3) is 9.20. The van der Waals surface area contributed by atoms with Gasteiger partial charge in [-0.15, -0.1) is 6.58 Å². The number of amides is 5. The summed E-state index contributed by atoms with van der Waals surface area (Å²) >= 11 is 0. The molecule has 2 fully saturated rings. The van der Waals surface area contributed by atoms with E-state index >= 15 is 0 Å². The first-order chi connectivity index (χ1) is 25.4. The lowest BCUT2D eigenvalue weighted by atomic mass is 9.97. The van der Waals surface area contributed by atoms with Gasteiger partial charge in [0.2, 0.25) is 11.8 Å². The predicted octanol–water partition coefficient (Wildman–Crippen LogP) is 2.75. The van der Waals surface area contributed by atoms with Crippen molar-refractivity contribution in [1.29, 1.82) is 0 Å². The van der Waals surface area contributed by atoms with Gasteiger partial charge in [-0.2, -0.15) is 0 Å². The van der Waals surface area contributed by atoms with Crippen LogP contribution in [-0.4, -0.2) is 104 Å². The molecule has 0 unspecified atom stereocenters. The van der Waals surface area contributed by atoms with E-state index in [1.807, 2.05) is 30.3 Å². The summed E-state index contributed by atoms with van der Waals surface area (Å²) < 4.78 is 28.6. The molecule has 2 heterocycles. The first-order valence-corrected chi connectivity index (χ1v) is 16.7. The van der Waals surface area contributed by atoms with Gasteiger partial charge in [0.25, 0.3) is 5.91 Å². The Kier molecular flexibility index (Phi) is 12.1. The second-order valence-electron chi connectivity index (χ2n) is 12.6. The smallest absolute Gasteiger partial charge is 0.334 e. The number of hydrogen-bond donors (Lipinski definition) is 4. The van der Waals surface area contributed by atoms with Crippen LogP contribution in [0.2, 0.25) is 0 Å². The van der Waals surface area contributed by atoms with Crippen molar-refractivity contribution in [3.63, 3.8) is 0 Å². The maximum atomic E-state index is 14.9. The van der Waals surface area contributed by atoms with E-state index in [1.165, 1.54) is 56.2 Å². The number of urea groups is 1. The molecule has 2 aliphatic rings. The summed E-state index contributed by atoms with van der Waals surface area (Å²) in [6.07, 6.45) is -0.387. The highest BCUT2D eigenvalue weighted by Crippen LogP contribution is 2.30. The van der Waals surface area contributed by atoms with Gasteiger partial charge in [0.05, 0.1) is 13.1 Å². The van der Waals surface area contributed by atoms with E-state index in [0.29, 0.717) is 11.6 Å². The number of hydrogen-bond acceptors (Lipinski definition) is 7. The van der Waals surface area contributed by atoms with Crippen LogP contribution in [-0.2, 0) is 38.7 Å². The standard InChI is InChI=1S/C37H38F2N6O8/c1-2-16-43-22-32(46)44-30(17-23-8-10-25(11-9-23)34(49)41-29(36(51)52)14-15-33(47)48)35(50)42(20-26-12-13-27(38)18-28(26)39)21-31(44)45(43)37(53)40-19-24-6-4-3-5-7-24/h2-13,18,29-31H,1,14-17,19-22H2,(H,40,53)(H,41,49)(H,47,48)(H,51,52)/t29-,30-,31-/m0/s1. The van der Waals surface area contributed by atoms with E-state index < -0.39 is 72.0 Å². The first-order valence-electron chi connectivity index (χ1n) is 16.7. The number of carboxylic acids is 2. The molecule has 0 radical (unpaired) electrons. The normalized spacial score (nSPS) is 17.9. The quantitative estimate of drug-likeness (QED) is 0.181. The SMILES string of the molecule is C=CCN1CC(=O)N2[C@@H](Cc3ccc(C(=O)N[C@@H](CCC(=O)O)C(=O)O)cc3)C(=O)N(Cc3ccc(F)cc3F)C[C@@H]2N1C(=O)NCc1ccccc1. The zero-order valence-electron chi connectivity index (χ0n) is 28.5. The summed E-state index contributed by atoms with van der Waals surface area (Å²) in [4.78, 5) is 79.9. The number of hydrazine groups is 1. The molecule has 2 aliphatic heterocycles. The molecule has 278 valence electrons. The fourth-order valence-electron chi connectivity index (χ4n) is 6.34. The largest absolute Gasteiger partial charge is 0.481 e. The third-order valence-corrected chi connectivity index (χ3v) is 8.94. The highest BCUT2D eigenvalue weighted by molar-refractivity contribution is 5.97. The van der Waals surface area contributed by atoms with Crippen molar-refractivity contribution in [3.8, 4) is 0 Å². The molecule has 3 aromatic carbocycles. The van der Waals surface area contributed by atoms with Gasteiger partial charge in [-0.05, 0) is 35.7 Å². The highest BCUT2D eigenvalue weighted by atomic mass is 19.1. The molecule has 5 amide bonds.